The van der Waals surface area contributed by atoms with Crippen LogP contribution in [0.25, 0.3) is 0 Å². The van der Waals surface area contributed by atoms with Crippen molar-refractivity contribution in [2.75, 3.05) is 0 Å². The van der Waals surface area contributed by atoms with Crippen LogP contribution in [0.3, 0.4) is 0 Å². The van der Waals surface area contributed by atoms with E-state index >= 15 is 0 Å². The average molecular weight is 221 g/mol. The minimum atomic E-state index is -0.143. The zero-order chi connectivity index (χ0) is 11.4. The van der Waals surface area contributed by atoms with Crippen LogP contribution in [-0.4, -0.2) is 22.4 Å². The molecule has 0 saturated heterocycles. The third-order valence-corrected chi connectivity index (χ3v) is 3.15. The largest absolute Gasteiger partial charge is 0.508 e. The third-order valence-electron chi connectivity index (χ3n) is 3.15. The average Bonchev–Trinajstić information content (AvgIpc) is 2.27. The second kappa shape index (κ2) is 5.32. The zero-order valence-corrected chi connectivity index (χ0v) is 9.39. The van der Waals surface area contributed by atoms with E-state index in [1.165, 1.54) is 0 Å². The fourth-order valence-electron chi connectivity index (χ4n) is 2.28. The van der Waals surface area contributed by atoms with Crippen LogP contribution in [0.15, 0.2) is 24.3 Å². The first-order chi connectivity index (χ1) is 7.74. The molecule has 3 N–H and O–H groups in total. The summed E-state index contributed by atoms with van der Waals surface area (Å²) in [5.74, 6) is 0.308. The number of rotatable bonds is 3. The second-order valence-corrected chi connectivity index (χ2v) is 4.57. The van der Waals surface area contributed by atoms with Gasteiger partial charge in [0.2, 0.25) is 0 Å². The summed E-state index contributed by atoms with van der Waals surface area (Å²) in [5, 5.41) is 22.3. The molecule has 0 radical (unpaired) electrons. The predicted molar refractivity (Wildman–Crippen MR) is 63.2 cm³/mol. The van der Waals surface area contributed by atoms with Gasteiger partial charge >= 0.3 is 0 Å². The lowest BCUT2D eigenvalue weighted by atomic mass is 9.93. The smallest absolute Gasteiger partial charge is 0.115 e. The van der Waals surface area contributed by atoms with Gasteiger partial charge in [0.1, 0.15) is 5.75 Å². The lowest BCUT2D eigenvalue weighted by Crippen LogP contribution is -2.35. The molecule has 0 heterocycles. The van der Waals surface area contributed by atoms with Gasteiger partial charge in [-0.2, -0.15) is 0 Å². The van der Waals surface area contributed by atoms with Crippen LogP contribution in [-0.2, 0) is 6.54 Å². The van der Waals surface area contributed by atoms with Crippen molar-refractivity contribution in [3.05, 3.63) is 29.8 Å². The molecule has 0 spiro atoms. The lowest BCUT2D eigenvalue weighted by Gasteiger charge is -2.26. The Kier molecular flexibility index (Phi) is 3.80. The normalized spacial score (nSPS) is 25.6. The molecule has 0 aliphatic heterocycles. The van der Waals surface area contributed by atoms with E-state index in [0.717, 1.165) is 37.8 Å². The highest BCUT2D eigenvalue weighted by Gasteiger charge is 2.19. The molecule has 0 bridgehead atoms. The molecular formula is C13H19NO2. The molecular weight excluding hydrogens is 202 g/mol. The number of nitrogens with one attached hydrogen (secondary N) is 1. The minimum Gasteiger partial charge on any atom is -0.508 e. The summed E-state index contributed by atoms with van der Waals surface area (Å²) >= 11 is 0. The monoisotopic (exact) mass is 221 g/mol. The molecule has 1 fully saturated rings. The van der Waals surface area contributed by atoms with Crippen molar-refractivity contribution in [1.82, 2.24) is 5.32 Å². The van der Waals surface area contributed by atoms with Crippen molar-refractivity contribution in [3.63, 3.8) is 0 Å². The van der Waals surface area contributed by atoms with Crippen molar-refractivity contribution < 1.29 is 10.2 Å². The van der Waals surface area contributed by atoms with Crippen molar-refractivity contribution in [2.24, 2.45) is 0 Å². The summed E-state index contributed by atoms with van der Waals surface area (Å²) in [6, 6.07) is 7.69. The Morgan fingerprint density at radius 2 is 2.19 bits per heavy atom. The predicted octanol–water partition coefficient (Wildman–Crippen LogP) is 1.79. The van der Waals surface area contributed by atoms with E-state index in [0.29, 0.717) is 11.8 Å². The second-order valence-electron chi connectivity index (χ2n) is 4.57. The number of phenols is 1. The summed E-state index contributed by atoms with van der Waals surface area (Å²) in [7, 11) is 0. The lowest BCUT2D eigenvalue weighted by molar-refractivity contribution is 0.111. The van der Waals surface area contributed by atoms with Crippen molar-refractivity contribution in [3.8, 4) is 5.75 Å². The van der Waals surface area contributed by atoms with Gasteiger partial charge < -0.3 is 15.5 Å². The molecule has 88 valence electrons. The highest BCUT2D eigenvalue weighted by Crippen LogP contribution is 2.19. The molecule has 1 aromatic rings. The van der Waals surface area contributed by atoms with Gasteiger partial charge in [0.25, 0.3) is 0 Å². The molecule has 3 heteroatoms. The van der Waals surface area contributed by atoms with Crippen LogP contribution in [0.2, 0.25) is 0 Å². The van der Waals surface area contributed by atoms with Crippen LogP contribution in [0.5, 0.6) is 5.75 Å². The van der Waals surface area contributed by atoms with Gasteiger partial charge in [0.15, 0.2) is 0 Å². The van der Waals surface area contributed by atoms with E-state index in [1.807, 2.05) is 12.1 Å². The fourth-order valence-corrected chi connectivity index (χ4v) is 2.28. The van der Waals surface area contributed by atoms with Gasteiger partial charge in [0, 0.05) is 12.6 Å². The number of benzene rings is 1. The SMILES string of the molecule is Oc1cccc(CNC2CCCC(O)C2)c1. The molecule has 1 aromatic carbocycles. The minimum absolute atomic E-state index is 0.143. The van der Waals surface area contributed by atoms with E-state index in [-0.39, 0.29) is 6.10 Å². The molecule has 2 rings (SSSR count). The highest BCUT2D eigenvalue weighted by atomic mass is 16.3. The first kappa shape index (κ1) is 11.4. The molecule has 0 amide bonds. The molecule has 16 heavy (non-hydrogen) atoms. The summed E-state index contributed by atoms with van der Waals surface area (Å²) in [6.07, 6.45) is 3.87. The fraction of sp³-hybridized carbons (Fsp3) is 0.538. The number of hydrogen-bond acceptors (Lipinski definition) is 3. The maximum Gasteiger partial charge on any atom is 0.115 e. The first-order valence-corrected chi connectivity index (χ1v) is 5.93. The van der Waals surface area contributed by atoms with Crippen LogP contribution < -0.4 is 5.32 Å². The van der Waals surface area contributed by atoms with Crippen molar-refractivity contribution in [1.29, 1.82) is 0 Å². The Labute approximate surface area is 96.1 Å². The maximum atomic E-state index is 9.54. The Morgan fingerprint density at radius 1 is 1.31 bits per heavy atom. The highest BCUT2D eigenvalue weighted by molar-refractivity contribution is 5.26. The number of aliphatic hydroxyl groups is 1. The summed E-state index contributed by atoms with van der Waals surface area (Å²) < 4.78 is 0. The topological polar surface area (TPSA) is 52.5 Å². The number of hydrogen-bond donors (Lipinski definition) is 3. The van der Waals surface area contributed by atoms with Crippen molar-refractivity contribution in [2.45, 2.75) is 44.4 Å². The van der Waals surface area contributed by atoms with Gasteiger partial charge in [-0.15, -0.1) is 0 Å². The maximum absolute atomic E-state index is 9.54. The van der Waals surface area contributed by atoms with E-state index in [9.17, 15) is 10.2 Å². The van der Waals surface area contributed by atoms with Gasteiger partial charge in [-0.25, -0.2) is 0 Å². The Morgan fingerprint density at radius 3 is 2.94 bits per heavy atom. The van der Waals surface area contributed by atoms with Gasteiger partial charge in [0.05, 0.1) is 6.10 Å². The first-order valence-electron chi connectivity index (χ1n) is 5.93. The molecule has 3 nitrogen and oxygen atoms in total. The van der Waals surface area contributed by atoms with Crippen LogP contribution in [0.1, 0.15) is 31.2 Å². The van der Waals surface area contributed by atoms with Crippen LogP contribution in [0, 0.1) is 0 Å². The van der Waals surface area contributed by atoms with Crippen molar-refractivity contribution >= 4 is 0 Å². The number of aliphatic hydroxyl groups excluding tert-OH is 1. The Bertz CT molecular complexity index is 340. The molecule has 0 aromatic heterocycles. The van der Waals surface area contributed by atoms with Crippen LogP contribution in [0.4, 0.5) is 0 Å². The van der Waals surface area contributed by atoms with E-state index in [4.69, 9.17) is 0 Å². The number of aromatic hydroxyl groups is 1. The third kappa shape index (κ3) is 3.22. The van der Waals surface area contributed by atoms with Gasteiger partial charge in [-0.3, -0.25) is 0 Å². The standard InChI is InChI=1S/C13H19NO2/c15-12-5-1-3-10(7-12)9-14-11-4-2-6-13(16)8-11/h1,3,5,7,11,13-16H,2,4,6,8-9H2. The molecule has 2 unspecified atom stereocenters. The Hall–Kier alpha value is -1.06. The zero-order valence-electron chi connectivity index (χ0n) is 9.39. The van der Waals surface area contributed by atoms with Gasteiger partial charge in [-0.05, 0) is 43.4 Å². The van der Waals surface area contributed by atoms with Gasteiger partial charge in [-0.1, -0.05) is 12.1 Å². The van der Waals surface area contributed by atoms with E-state index in [1.54, 1.807) is 12.1 Å². The quantitative estimate of drug-likeness (QED) is 0.729. The molecule has 1 saturated carbocycles. The molecule has 2 atom stereocenters. The summed E-state index contributed by atoms with van der Waals surface area (Å²) in [6.45, 7) is 0.756. The summed E-state index contributed by atoms with van der Waals surface area (Å²) in [4.78, 5) is 0. The van der Waals surface area contributed by atoms with E-state index in [2.05, 4.69) is 5.32 Å². The number of phenolic OH excluding ortho intramolecular Hbond substituents is 1. The summed E-state index contributed by atoms with van der Waals surface area (Å²) in [5.41, 5.74) is 1.08. The Balaban J connectivity index is 1.82. The van der Waals surface area contributed by atoms with Crippen LogP contribution >= 0.6 is 0 Å². The van der Waals surface area contributed by atoms with E-state index < -0.39 is 0 Å². The molecule has 1 aliphatic carbocycles. The molecule has 1 aliphatic rings.